The minimum atomic E-state index is -4.45. The molecule has 106 valence electrons. The van der Waals surface area contributed by atoms with Crippen LogP contribution in [0.1, 0.15) is 29.3 Å². The summed E-state index contributed by atoms with van der Waals surface area (Å²) < 4.78 is 37.4. The van der Waals surface area contributed by atoms with Gasteiger partial charge in [0, 0.05) is 18.2 Å². The van der Waals surface area contributed by atoms with Gasteiger partial charge in [-0.3, -0.25) is 4.79 Å². The highest BCUT2D eigenvalue weighted by Crippen LogP contribution is 2.29. The van der Waals surface area contributed by atoms with Crippen LogP contribution in [-0.2, 0) is 6.18 Å². The van der Waals surface area contributed by atoms with Gasteiger partial charge in [-0.2, -0.15) is 13.2 Å². The fraction of sp³-hybridized carbons (Fsp3) is 0.417. The molecule has 1 unspecified atom stereocenters. The molecular formula is C12H14ClF3N2O. The number of benzene rings is 1. The normalized spacial score (nSPS) is 13.1. The van der Waals surface area contributed by atoms with Crippen LogP contribution >= 0.6 is 11.8 Å². The van der Waals surface area contributed by atoms with Crippen LogP contribution in [0.15, 0.2) is 24.3 Å². The third kappa shape index (κ3) is 5.08. The van der Waals surface area contributed by atoms with E-state index in [1.165, 1.54) is 12.1 Å². The lowest BCUT2D eigenvalue weighted by Gasteiger charge is -2.11. The summed E-state index contributed by atoms with van der Waals surface area (Å²) in [5.74, 6) is -0.534. The van der Waals surface area contributed by atoms with Crippen molar-refractivity contribution in [1.82, 2.24) is 10.2 Å². The van der Waals surface area contributed by atoms with Gasteiger partial charge in [0.2, 0.25) is 0 Å². The van der Waals surface area contributed by atoms with Gasteiger partial charge in [0.05, 0.1) is 5.56 Å². The number of rotatable bonds is 5. The van der Waals surface area contributed by atoms with E-state index < -0.39 is 17.6 Å². The van der Waals surface area contributed by atoms with Gasteiger partial charge in [-0.25, -0.2) is 4.84 Å². The molecule has 1 atom stereocenters. The molecule has 0 saturated heterocycles. The van der Waals surface area contributed by atoms with E-state index in [0.717, 1.165) is 12.1 Å². The first-order valence-corrected chi connectivity index (χ1v) is 6.04. The maximum atomic E-state index is 12.5. The van der Waals surface area contributed by atoms with E-state index in [1.807, 2.05) is 6.92 Å². The van der Waals surface area contributed by atoms with Crippen molar-refractivity contribution in [3.8, 4) is 0 Å². The zero-order chi connectivity index (χ0) is 14.5. The number of carbonyl (C=O) groups excluding carboxylic acids is 1. The third-order valence-electron chi connectivity index (χ3n) is 2.50. The second-order valence-electron chi connectivity index (χ2n) is 4.13. The summed E-state index contributed by atoms with van der Waals surface area (Å²) in [5, 5.41) is 2.54. The summed E-state index contributed by atoms with van der Waals surface area (Å²) >= 11 is 5.37. The number of alkyl halides is 3. The maximum Gasteiger partial charge on any atom is 0.416 e. The van der Waals surface area contributed by atoms with Crippen molar-refractivity contribution in [3.63, 3.8) is 0 Å². The maximum absolute atomic E-state index is 12.5. The summed E-state index contributed by atoms with van der Waals surface area (Å²) in [6.45, 7) is 2.15. The number of nitrogens with one attached hydrogen (secondary N) is 2. The van der Waals surface area contributed by atoms with Gasteiger partial charge in [0.1, 0.15) is 0 Å². The molecule has 1 amide bonds. The van der Waals surface area contributed by atoms with E-state index in [2.05, 4.69) is 10.2 Å². The smallest absolute Gasteiger partial charge is 0.352 e. The summed E-state index contributed by atoms with van der Waals surface area (Å²) in [7, 11) is 0. The minimum absolute atomic E-state index is 0.00322. The predicted molar refractivity (Wildman–Crippen MR) is 66.8 cm³/mol. The Morgan fingerprint density at radius 3 is 2.68 bits per heavy atom. The first kappa shape index (κ1) is 15.8. The largest absolute Gasteiger partial charge is 0.416 e. The van der Waals surface area contributed by atoms with Crippen LogP contribution in [0.5, 0.6) is 0 Å². The van der Waals surface area contributed by atoms with Crippen molar-refractivity contribution < 1.29 is 18.0 Å². The van der Waals surface area contributed by atoms with Crippen molar-refractivity contribution in [1.29, 1.82) is 0 Å². The molecule has 0 heterocycles. The number of halogens is 4. The highest BCUT2D eigenvalue weighted by atomic mass is 35.5. The van der Waals surface area contributed by atoms with Crippen molar-refractivity contribution in [2.45, 2.75) is 25.6 Å². The molecule has 2 N–H and O–H groups in total. The third-order valence-corrected chi connectivity index (χ3v) is 2.87. The molecule has 0 aliphatic carbocycles. The van der Waals surface area contributed by atoms with Crippen molar-refractivity contribution in [3.05, 3.63) is 35.4 Å². The fourth-order valence-electron chi connectivity index (χ4n) is 1.40. The molecular weight excluding hydrogens is 281 g/mol. The molecule has 0 bridgehead atoms. The van der Waals surface area contributed by atoms with Crippen LogP contribution in [0.4, 0.5) is 13.2 Å². The van der Waals surface area contributed by atoms with Gasteiger partial charge in [0.15, 0.2) is 0 Å². The van der Waals surface area contributed by atoms with Crippen molar-refractivity contribution in [2.24, 2.45) is 0 Å². The summed E-state index contributed by atoms with van der Waals surface area (Å²) in [6.07, 6.45) is -3.87. The lowest BCUT2D eigenvalue weighted by molar-refractivity contribution is -0.137. The molecule has 0 aromatic heterocycles. The quantitative estimate of drug-likeness (QED) is 0.820. The molecule has 3 nitrogen and oxygen atoms in total. The second-order valence-corrected chi connectivity index (χ2v) is 4.35. The molecule has 0 saturated carbocycles. The predicted octanol–water partition coefficient (Wildman–Crippen LogP) is 2.96. The monoisotopic (exact) mass is 294 g/mol. The molecule has 1 aromatic rings. The van der Waals surface area contributed by atoms with E-state index in [0.29, 0.717) is 13.0 Å². The summed E-state index contributed by atoms with van der Waals surface area (Å²) in [6, 6.07) is 4.31. The van der Waals surface area contributed by atoms with Crippen LogP contribution < -0.4 is 10.2 Å². The van der Waals surface area contributed by atoms with Gasteiger partial charge in [-0.1, -0.05) is 6.07 Å². The van der Waals surface area contributed by atoms with Gasteiger partial charge >= 0.3 is 6.18 Å². The van der Waals surface area contributed by atoms with Gasteiger partial charge in [-0.15, -0.1) is 0 Å². The number of carbonyl (C=O) groups is 1. The van der Waals surface area contributed by atoms with Crippen LogP contribution in [0.2, 0.25) is 0 Å². The standard InChI is InChI=1S/C12H14ClF3N2O/c1-8(18-13)5-6-17-11(19)9-3-2-4-10(7-9)12(14,15)16/h2-4,7-8,18H,5-6H2,1H3,(H,17,19). The lowest BCUT2D eigenvalue weighted by atomic mass is 10.1. The molecule has 1 rings (SSSR count). The van der Waals surface area contributed by atoms with E-state index in [-0.39, 0.29) is 11.6 Å². The Balaban J connectivity index is 2.63. The molecule has 0 radical (unpaired) electrons. The molecule has 0 spiro atoms. The Morgan fingerprint density at radius 1 is 1.42 bits per heavy atom. The zero-order valence-corrected chi connectivity index (χ0v) is 11.0. The SMILES string of the molecule is CC(CCNC(=O)c1cccc(C(F)(F)F)c1)NCl. The van der Waals surface area contributed by atoms with E-state index in [1.54, 1.807) is 0 Å². The van der Waals surface area contributed by atoms with E-state index in [4.69, 9.17) is 11.8 Å². The van der Waals surface area contributed by atoms with Crippen LogP contribution in [0, 0.1) is 0 Å². The molecule has 0 fully saturated rings. The van der Waals surface area contributed by atoms with E-state index in [9.17, 15) is 18.0 Å². The molecule has 19 heavy (non-hydrogen) atoms. The van der Waals surface area contributed by atoms with Gasteiger partial charge in [0.25, 0.3) is 5.91 Å². The van der Waals surface area contributed by atoms with Crippen LogP contribution in [0.25, 0.3) is 0 Å². The molecule has 1 aromatic carbocycles. The van der Waals surface area contributed by atoms with Crippen molar-refractivity contribution in [2.75, 3.05) is 6.54 Å². The number of amides is 1. The average Bonchev–Trinajstić information content (AvgIpc) is 2.37. The van der Waals surface area contributed by atoms with Gasteiger partial charge < -0.3 is 5.32 Å². The fourth-order valence-corrected chi connectivity index (χ4v) is 1.50. The summed E-state index contributed by atoms with van der Waals surface area (Å²) in [5.41, 5.74) is -0.850. The number of hydrogen-bond acceptors (Lipinski definition) is 2. The molecule has 0 aliphatic rings. The Hall–Kier alpha value is -1.27. The Bertz CT molecular complexity index is 437. The first-order valence-electron chi connectivity index (χ1n) is 5.66. The van der Waals surface area contributed by atoms with Crippen LogP contribution in [0.3, 0.4) is 0 Å². The average molecular weight is 295 g/mol. The zero-order valence-electron chi connectivity index (χ0n) is 10.2. The topological polar surface area (TPSA) is 41.1 Å². The Morgan fingerprint density at radius 2 is 2.11 bits per heavy atom. The second kappa shape index (κ2) is 6.77. The lowest BCUT2D eigenvalue weighted by Crippen LogP contribution is -2.29. The molecule has 0 aliphatic heterocycles. The first-order chi connectivity index (χ1) is 8.84. The highest BCUT2D eigenvalue weighted by molar-refractivity contribution is 6.13. The highest BCUT2D eigenvalue weighted by Gasteiger charge is 2.30. The number of hydrogen-bond donors (Lipinski definition) is 2. The molecule has 7 heteroatoms. The Kier molecular flexibility index (Phi) is 5.62. The minimum Gasteiger partial charge on any atom is -0.352 e. The van der Waals surface area contributed by atoms with Crippen molar-refractivity contribution >= 4 is 17.7 Å². The van der Waals surface area contributed by atoms with Gasteiger partial charge in [-0.05, 0) is 43.3 Å². The summed E-state index contributed by atoms with van der Waals surface area (Å²) in [4.78, 5) is 14.1. The Labute approximate surface area is 114 Å². The van der Waals surface area contributed by atoms with Crippen LogP contribution in [-0.4, -0.2) is 18.5 Å². The van der Waals surface area contributed by atoms with E-state index >= 15 is 0 Å².